The molecule has 4 heteroatoms. The van der Waals surface area contributed by atoms with Gasteiger partial charge in [-0.1, -0.05) is 71.4 Å². The normalized spacial score (nSPS) is 10.8. The van der Waals surface area contributed by atoms with Crippen molar-refractivity contribution < 1.29 is 19.1 Å². The number of para-hydroxylation sites is 2. The molecular formula is C22H34O4. The Kier molecular flexibility index (Phi) is 11.4. The fraction of sp³-hybridized carbons (Fsp3) is 0.636. The third-order valence-electron chi connectivity index (χ3n) is 4.19. The molecule has 4 nitrogen and oxygen atoms in total. The summed E-state index contributed by atoms with van der Waals surface area (Å²) in [4.78, 5) is 24.0. The molecule has 0 aliphatic heterocycles. The van der Waals surface area contributed by atoms with Crippen LogP contribution in [0.15, 0.2) is 24.3 Å². The maximum Gasteiger partial charge on any atom is 0.311 e. The van der Waals surface area contributed by atoms with Crippen molar-refractivity contribution in [1.29, 1.82) is 0 Å². The number of hydrogen-bond donors (Lipinski definition) is 0. The first kappa shape index (κ1) is 22.2. The highest BCUT2D eigenvalue weighted by Gasteiger charge is 2.13. The molecule has 26 heavy (non-hydrogen) atoms. The van der Waals surface area contributed by atoms with Crippen LogP contribution in [0.1, 0.15) is 85.0 Å². The lowest BCUT2D eigenvalue weighted by Crippen LogP contribution is -2.12. The van der Waals surface area contributed by atoms with Crippen LogP contribution in [0.2, 0.25) is 0 Å². The van der Waals surface area contributed by atoms with Gasteiger partial charge in [-0.2, -0.15) is 0 Å². The van der Waals surface area contributed by atoms with E-state index in [9.17, 15) is 9.59 Å². The molecule has 146 valence electrons. The summed E-state index contributed by atoms with van der Waals surface area (Å²) in [7, 11) is 0. The van der Waals surface area contributed by atoms with E-state index in [0.29, 0.717) is 30.3 Å². The topological polar surface area (TPSA) is 52.6 Å². The number of rotatable bonds is 13. The molecule has 0 amide bonds. The van der Waals surface area contributed by atoms with Gasteiger partial charge in [0.1, 0.15) is 0 Å². The van der Waals surface area contributed by atoms with Crippen LogP contribution in [-0.4, -0.2) is 11.9 Å². The van der Waals surface area contributed by atoms with Crippen LogP contribution in [0.3, 0.4) is 0 Å². The summed E-state index contributed by atoms with van der Waals surface area (Å²) in [5, 5.41) is 0. The van der Waals surface area contributed by atoms with Crippen LogP contribution < -0.4 is 9.47 Å². The Hall–Kier alpha value is -1.84. The minimum Gasteiger partial charge on any atom is -0.423 e. The fourth-order valence-corrected chi connectivity index (χ4v) is 2.66. The number of carbonyl (C=O) groups excluding carboxylic acids is 2. The van der Waals surface area contributed by atoms with Gasteiger partial charge in [0.15, 0.2) is 11.5 Å². The molecule has 0 N–H and O–H groups in total. The third kappa shape index (κ3) is 10.2. The first-order valence-electron chi connectivity index (χ1n) is 10.0. The summed E-state index contributed by atoms with van der Waals surface area (Å²) in [6, 6.07) is 6.86. The highest BCUT2D eigenvalue weighted by Crippen LogP contribution is 2.27. The van der Waals surface area contributed by atoms with E-state index < -0.39 is 0 Å². The van der Waals surface area contributed by atoms with Crippen molar-refractivity contribution >= 4 is 11.9 Å². The Bertz CT molecular complexity index is 537. The van der Waals surface area contributed by atoms with E-state index in [1.54, 1.807) is 24.3 Å². The molecule has 0 atom stereocenters. The standard InChI is InChI=1S/C22H34O4/c1-4-5-6-7-8-16-21(23)25-19-14-10-11-15-20(19)26-22(24)17-12-9-13-18(2)3/h10-11,14-15,18H,4-9,12-13,16-17H2,1-3H3. The zero-order chi connectivity index (χ0) is 19.2. The molecule has 0 unspecified atom stereocenters. The summed E-state index contributed by atoms with van der Waals surface area (Å²) in [6.07, 6.45) is 9.11. The van der Waals surface area contributed by atoms with Crippen molar-refractivity contribution in [3.63, 3.8) is 0 Å². The Morgan fingerprint density at radius 1 is 0.808 bits per heavy atom. The van der Waals surface area contributed by atoms with E-state index >= 15 is 0 Å². The van der Waals surface area contributed by atoms with Crippen molar-refractivity contribution in [3.05, 3.63) is 24.3 Å². The highest BCUT2D eigenvalue weighted by atomic mass is 16.6. The zero-order valence-electron chi connectivity index (χ0n) is 16.6. The average molecular weight is 363 g/mol. The number of carbonyl (C=O) groups is 2. The van der Waals surface area contributed by atoms with Gasteiger partial charge in [0.2, 0.25) is 0 Å². The lowest BCUT2D eigenvalue weighted by atomic mass is 10.1. The largest absolute Gasteiger partial charge is 0.423 e. The molecule has 0 aliphatic rings. The fourth-order valence-electron chi connectivity index (χ4n) is 2.66. The van der Waals surface area contributed by atoms with Crippen molar-refractivity contribution in [2.75, 3.05) is 0 Å². The average Bonchev–Trinajstić information content (AvgIpc) is 2.60. The lowest BCUT2D eigenvalue weighted by molar-refractivity contribution is -0.137. The van der Waals surface area contributed by atoms with Crippen molar-refractivity contribution in [3.8, 4) is 11.5 Å². The lowest BCUT2D eigenvalue weighted by Gasteiger charge is -2.10. The second-order valence-electron chi connectivity index (χ2n) is 7.20. The molecule has 1 aromatic rings. The predicted octanol–water partition coefficient (Wildman–Crippen LogP) is 6.07. The summed E-state index contributed by atoms with van der Waals surface area (Å²) < 4.78 is 10.8. The van der Waals surface area contributed by atoms with Crippen LogP contribution in [0.4, 0.5) is 0 Å². The monoisotopic (exact) mass is 362 g/mol. The number of ether oxygens (including phenoxy) is 2. The number of esters is 2. The third-order valence-corrected chi connectivity index (χ3v) is 4.19. The van der Waals surface area contributed by atoms with Gasteiger partial charge >= 0.3 is 11.9 Å². The molecule has 0 radical (unpaired) electrons. The molecule has 0 heterocycles. The van der Waals surface area contributed by atoms with Gasteiger partial charge in [0.25, 0.3) is 0 Å². The Morgan fingerprint density at radius 3 is 1.81 bits per heavy atom. The molecule has 0 aromatic heterocycles. The molecule has 0 bridgehead atoms. The first-order valence-corrected chi connectivity index (χ1v) is 10.0. The van der Waals surface area contributed by atoms with Crippen molar-refractivity contribution in [1.82, 2.24) is 0 Å². The summed E-state index contributed by atoms with van der Waals surface area (Å²) in [6.45, 7) is 6.51. The van der Waals surface area contributed by atoms with Gasteiger partial charge in [-0.05, 0) is 30.9 Å². The van der Waals surface area contributed by atoms with Gasteiger partial charge in [-0.3, -0.25) is 9.59 Å². The van der Waals surface area contributed by atoms with E-state index in [1.807, 2.05) is 0 Å². The van der Waals surface area contributed by atoms with E-state index in [4.69, 9.17) is 9.47 Å². The molecule has 0 aliphatic carbocycles. The minimum atomic E-state index is -0.281. The Balaban J connectivity index is 2.41. The summed E-state index contributed by atoms with van der Waals surface area (Å²) in [5.74, 6) is 0.731. The van der Waals surface area contributed by atoms with Crippen LogP contribution in [-0.2, 0) is 9.59 Å². The zero-order valence-corrected chi connectivity index (χ0v) is 16.6. The highest BCUT2D eigenvalue weighted by molar-refractivity contribution is 5.76. The van der Waals surface area contributed by atoms with Crippen LogP contribution in [0, 0.1) is 5.92 Å². The smallest absolute Gasteiger partial charge is 0.311 e. The van der Waals surface area contributed by atoms with Gasteiger partial charge < -0.3 is 9.47 Å². The number of hydrogen-bond acceptors (Lipinski definition) is 4. The summed E-state index contributed by atoms with van der Waals surface area (Å²) >= 11 is 0. The van der Waals surface area contributed by atoms with Gasteiger partial charge in [-0.15, -0.1) is 0 Å². The van der Waals surface area contributed by atoms with Crippen LogP contribution in [0.25, 0.3) is 0 Å². The molecule has 0 spiro atoms. The van der Waals surface area contributed by atoms with Gasteiger partial charge in [0.05, 0.1) is 0 Å². The van der Waals surface area contributed by atoms with Crippen LogP contribution >= 0.6 is 0 Å². The van der Waals surface area contributed by atoms with Crippen LogP contribution in [0.5, 0.6) is 11.5 Å². The quantitative estimate of drug-likeness (QED) is 0.243. The molecular weight excluding hydrogens is 328 g/mol. The maximum absolute atomic E-state index is 12.0. The molecule has 0 saturated heterocycles. The van der Waals surface area contributed by atoms with Crippen molar-refractivity contribution in [2.45, 2.75) is 85.0 Å². The van der Waals surface area contributed by atoms with Gasteiger partial charge in [-0.25, -0.2) is 0 Å². The molecule has 1 rings (SSSR count). The molecule has 0 fully saturated rings. The second kappa shape index (κ2) is 13.4. The SMILES string of the molecule is CCCCCCCC(=O)Oc1ccccc1OC(=O)CCCCC(C)C. The Labute approximate surface area is 158 Å². The van der Waals surface area contributed by atoms with E-state index in [2.05, 4.69) is 20.8 Å². The first-order chi connectivity index (χ1) is 12.5. The molecule has 1 aromatic carbocycles. The van der Waals surface area contributed by atoms with Crippen molar-refractivity contribution in [2.24, 2.45) is 5.92 Å². The number of benzene rings is 1. The summed E-state index contributed by atoms with van der Waals surface area (Å²) in [5.41, 5.74) is 0. The predicted molar refractivity (Wildman–Crippen MR) is 104 cm³/mol. The second-order valence-corrected chi connectivity index (χ2v) is 7.20. The maximum atomic E-state index is 12.0. The minimum absolute atomic E-state index is 0.276. The Morgan fingerprint density at radius 2 is 1.31 bits per heavy atom. The van der Waals surface area contributed by atoms with Gasteiger partial charge in [0, 0.05) is 12.8 Å². The van der Waals surface area contributed by atoms with E-state index in [-0.39, 0.29) is 11.9 Å². The van der Waals surface area contributed by atoms with E-state index in [0.717, 1.165) is 38.5 Å². The number of unbranched alkanes of at least 4 members (excludes halogenated alkanes) is 5. The van der Waals surface area contributed by atoms with E-state index in [1.165, 1.54) is 12.8 Å². The molecule has 0 saturated carbocycles.